The molecule has 0 bridgehead atoms. The smallest absolute Gasteiger partial charge is 0.259 e. The molecule has 4 rings (SSSR count). The van der Waals surface area contributed by atoms with Gasteiger partial charge in [0.25, 0.3) is 11.8 Å². The number of methoxy groups -OCH3 is 2. The van der Waals surface area contributed by atoms with Gasteiger partial charge in [-0.1, -0.05) is 0 Å². The van der Waals surface area contributed by atoms with Crippen molar-refractivity contribution < 1.29 is 28.6 Å². The van der Waals surface area contributed by atoms with Gasteiger partial charge < -0.3 is 30.6 Å². The van der Waals surface area contributed by atoms with Crippen LogP contribution in [0.2, 0.25) is 0 Å². The van der Waals surface area contributed by atoms with Crippen molar-refractivity contribution in [1.29, 1.82) is 0 Å². The number of carbonyl (C=O) groups is 3. The molecule has 4 N–H and O–H groups in total. The predicted molar refractivity (Wildman–Crippen MR) is 153 cm³/mol. The predicted octanol–water partition coefficient (Wildman–Crippen LogP) is 4.42. The largest absolute Gasteiger partial charge is 0.497 e. The summed E-state index contributed by atoms with van der Waals surface area (Å²) in [5.41, 5.74) is 7.76. The van der Waals surface area contributed by atoms with E-state index < -0.39 is 11.7 Å². The summed E-state index contributed by atoms with van der Waals surface area (Å²) in [4.78, 5) is 42.5. The second-order valence-electron chi connectivity index (χ2n) is 8.46. The van der Waals surface area contributed by atoms with Crippen LogP contribution >= 0.6 is 11.3 Å². The highest BCUT2D eigenvalue weighted by molar-refractivity contribution is 7.08. The van der Waals surface area contributed by atoms with Crippen LogP contribution in [0, 0.1) is 0 Å². The Morgan fingerprint density at radius 2 is 1.68 bits per heavy atom. The zero-order valence-corrected chi connectivity index (χ0v) is 22.7. The minimum atomic E-state index is -0.496. The molecule has 4 aromatic rings. The van der Waals surface area contributed by atoms with E-state index in [9.17, 15) is 14.4 Å². The standard InChI is InChI=1S/C29H28N4O6S/c1-37-20-6-4-18(5-7-20)27(34)26-25(30)23(10-13-31-26)33-29(36)22-9-8-21(38-2)16-24(22)39-14-3-12-32-28(35)19-11-15-40-17-19/h4-11,13,15-17H,3,12,14,30H2,1-2H3,(H,32,35)(H,31,33,36). The van der Waals surface area contributed by atoms with Crippen molar-refractivity contribution >= 4 is 40.3 Å². The van der Waals surface area contributed by atoms with Crippen LogP contribution in [0.1, 0.15) is 43.2 Å². The molecule has 10 nitrogen and oxygen atoms in total. The van der Waals surface area contributed by atoms with E-state index in [1.54, 1.807) is 53.9 Å². The summed E-state index contributed by atoms with van der Waals surface area (Å²) in [6, 6.07) is 14.6. The van der Waals surface area contributed by atoms with Crippen LogP contribution in [0.25, 0.3) is 0 Å². The van der Waals surface area contributed by atoms with Gasteiger partial charge in [-0.3, -0.25) is 19.4 Å². The first-order valence-corrected chi connectivity index (χ1v) is 13.2. The Kier molecular flexibility index (Phi) is 9.31. The van der Waals surface area contributed by atoms with E-state index in [1.165, 1.54) is 37.8 Å². The number of benzene rings is 2. The molecule has 0 radical (unpaired) electrons. The van der Waals surface area contributed by atoms with Gasteiger partial charge in [0.05, 0.1) is 37.8 Å². The number of nitrogens with zero attached hydrogens (tertiary/aromatic N) is 1. The van der Waals surface area contributed by atoms with E-state index in [0.717, 1.165) is 0 Å². The van der Waals surface area contributed by atoms with Gasteiger partial charge in [0.1, 0.15) is 22.9 Å². The summed E-state index contributed by atoms with van der Waals surface area (Å²) in [5.74, 6) is 0.373. The number of nitrogen functional groups attached to an aromatic ring is 1. The van der Waals surface area contributed by atoms with E-state index >= 15 is 0 Å². The molecule has 0 unspecified atom stereocenters. The van der Waals surface area contributed by atoms with Crippen molar-refractivity contribution in [2.45, 2.75) is 6.42 Å². The molecule has 2 aromatic heterocycles. The number of aromatic nitrogens is 1. The lowest BCUT2D eigenvalue weighted by molar-refractivity contribution is 0.0951. The highest BCUT2D eigenvalue weighted by Gasteiger charge is 2.20. The Labute approximate surface area is 235 Å². The van der Waals surface area contributed by atoms with Crippen LogP contribution in [0.5, 0.6) is 17.2 Å². The van der Waals surface area contributed by atoms with Crippen molar-refractivity contribution in [3.63, 3.8) is 0 Å². The monoisotopic (exact) mass is 560 g/mol. The highest BCUT2D eigenvalue weighted by Crippen LogP contribution is 2.28. The average molecular weight is 561 g/mol. The summed E-state index contributed by atoms with van der Waals surface area (Å²) >= 11 is 1.45. The lowest BCUT2D eigenvalue weighted by Gasteiger charge is -2.15. The number of hydrogen-bond donors (Lipinski definition) is 3. The molecule has 206 valence electrons. The molecule has 2 heterocycles. The van der Waals surface area contributed by atoms with Crippen molar-refractivity contribution in [3.8, 4) is 17.2 Å². The van der Waals surface area contributed by atoms with Gasteiger partial charge in [-0.15, -0.1) is 0 Å². The molecule has 0 aliphatic carbocycles. The van der Waals surface area contributed by atoms with Gasteiger partial charge >= 0.3 is 0 Å². The molecule has 0 aliphatic heterocycles. The molecular weight excluding hydrogens is 532 g/mol. The van der Waals surface area contributed by atoms with Crippen LogP contribution in [0.15, 0.2) is 71.6 Å². The Morgan fingerprint density at radius 3 is 2.38 bits per heavy atom. The molecular formula is C29H28N4O6S. The zero-order chi connectivity index (χ0) is 28.5. The Hall–Kier alpha value is -4.90. The summed E-state index contributed by atoms with van der Waals surface area (Å²) in [7, 11) is 3.05. The summed E-state index contributed by atoms with van der Waals surface area (Å²) < 4.78 is 16.3. The average Bonchev–Trinajstić information content (AvgIpc) is 3.53. The summed E-state index contributed by atoms with van der Waals surface area (Å²) in [5, 5.41) is 9.20. The molecule has 0 saturated carbocycles. The number of pyridine rings is 1. The number of amides is 2. The molecule has 2 aromatic carbocycles. The van der Waals surface area contributed by atoms with E-state index in [1.807, 2.05) is 5.38 Å². The normalized spacial score (nSPS) is 10.4. The van der Waals surface area contributed by atoms with E-state index in [4.69, 9.17) is 19.9 Å². The lowest BCUT2D eigenvalue weighted by atomic mass is 10.1. The van der Waals surface area contributed by atoms with Crippen molar-refractivity contribution in [2.75, 3.05) is 38.4 Å². The number of ether oxygens (including phenoxy) is 3. The van der Waals surface area contributed by atoms with Gasteiger partial charge in [-0.2, -0.15) is 11.3 Å². The second kappa shape index (κ2) is 13.3. The molecule has 0 aliphatic rings. The van der Waals surface area contributed by atoms with Crippen molar-refractivity contribution in [2.24, 2.45) is 0 Å². The minimum Gasteiger partial charge on any atom is -0.497 e. The van der Waals surface area contributed by atoms with Gasteiger partial charge in [-0.05, 0) is 60.3 Å². The third-order valence-electron chi connectivity index (χ3n) is 5.89. The van der Waals surface area contributed by atoms with Crippen molar-refractivity contribution in [1.82, 2.24) is 10.3 Å². The maximum absolute atomic E-state index is 13.3. The van der Waals surface area contributed by atoms with Crippen molar-refractivity contribution in [3.05, 3.63) is 93.9 Å². The first kappa shape index (κ1) is 28.1. The van der Waals surface area contributed by atoms with E-state index in [-0.39, 0.29) is 35.1 Å². The number of ketones is 1. The van der Waals surface area contributed by atoms with E-state index in [2.05, 4.69) is 15.6 Å². The third kappa shape index (κ3) is 6.75. The number of rotatable bonds is 12. The SMILES string of the molecule is COc1ccc(C(=O)c2nccc(NC(=O)c3ccc(OC)cc3OCCCNC(=O)c3ccsc3)c2N)cc1. The molecule has 40 heavy (non-hydrogen) atoms. The third-order valence-corrected chi connectivity index (χ3v) is 6.57. The molecule has 0 fully saturated rings. The number of hydrogen-bond acceptors (Lipinski definition) is 9. The minimum absolute atomic E-state index is 0.0127. The first-order chi connectivity index (χ1) is 19.4. The number of carbonyl (C=O) groups excluding carboxylic acids is 3. The maximum atomic E-state index is 13.3. The number of thiophene rings is 1. The quantitative estimate of drug-likeness (QED) is 0.171. The Morgan fingerprint density at radius 1 is 0.925 bits per heavy atom. The molecule has 2 amide bonds. The fraction of sp³-hybridized carbons (Fsp3) is 0.172. The fourth-order valence-electron chi connectivity index (χ4n) is 3.72. The first-order valence-electron chi connectivity index (χ1n) is 12.3. The number of anilines is 2. The molecule has 0 spiro atoms. The van der Waals surface area contributed by atoms with Crippen LogP contribution < -0.4 is 30.6 Å². The summed E-state index contributed by atoms with van der Waals surface area (Å²) in [6.07, 6.45) is 1.92. The Balaban J connectivity index is 1.44. The van der Waals surface area contributed by atoms with Gasteiger partial charge in [0.2, 0.25) is 5.78 Å². The summed E-state index contributed by atoms with van der Waals surface area (Å²) in [6.45, 7) is 0.647. The Bertz CT molecular complexity index is 1490. The topological polar surface area (TPSA) is 142 Å². The van der Waals surface area contributed by atoms with Crippen LogP contribution in [-0.2, 0) is 0 Å². The van der Waals surface area contributed by atoms with Gasteiger partial charge in [0.15, 0.2) is 0 Å². The molecule has 11 heteroatoms. The lowest BCUT2D eigenvalue weighted by Crippen LogP contribution is -2.25. The van der Waals surface area contributed by atoms with Crippen LogP contribution in [0.3, 0.4) is 0 Å². The maximum Gasteiger partial charge on any atom is 0.259 e. The second-order valence-corrected chi connectivity index (χ2v) is 9.24. The molecule has 0 saturated heterocycles. The fourth-order valence-corrected chi connectivity index (χ4v) is 4.36. The van der Waals surface area contributed by atoms with Crippen LogP contribution in [-0.4, -0.2) is 50.0 Å². The zero-order valence-electron chi connectivity index (χ0n) is 21.9. The van der Waals surface area contributed by atoms with Crippen LogP contribution in [0.4, 0.5) is 11.4 Å². The highest BCUT2D eigenvalue weighted by atomic mass is 32.1. The van der Waals surface area contributed by atoms with Gasteiger partial charge in [0, 0.05) is 35.3 Å². The van der Waals surface area contributed by atoms with Gasteiger partial charge in [-0.25, -0.2) is 0 Å². The number of nitrogens with two attached hydrogens (primary N) is 1. The number of nitrogens with one attached hydrogen (secondary N) is 2. The molecule has 0 atom stereocenters. The van der Waals surface area contributed by atoms with E-state index in [0.29, 0.717) is 41.3 Å².